The fourth-order valence-electron chi connectivity index (χ4n) is 0.859. The Labute approximate surface area is 87.7 Å². The zero-order valence-electron chi connectivity index (χ0n) is 8.19. The maximum absolute atomic E-state index is 11.5. The quantitative estimate of drug-likeness (QED) is 0.565. The van der Waals surface area contributed by atoms with Crippen molar-refractivity contribution in [2.75, 3.05) is 0 Å². The number of carbonyl (C=O) groups excluding carboxylic acids is 2. The Morgan fingerprint density at radius 2 is 1.79 bits per heavy atom. The molecule has 1 unspecified atom stereocenters. The van der Waals surface area contributed by atoms with Crippen molar-refractivity contribution in [1.82, 2.24) is 0 Å². The van der Waals surface area contributed by atoms with Crippen LogP contribution in [0.25, 0.3) is 0 Å². The predicted octanol–water partition coefficient (Wildman–Crippen LogP) is 2.53. The highest BCUT2D eigenvalue weighted by Gasteiger charge is 2.18. The molecule has 0 aliphatic rings. The molecule has 0 aliphatic carbocycles. The fourth-order valence-corrected chi connectivity index (χ4v) is 1.73. The number of benzene rings is 1. The maximum Gasteiger partial charge on any atom is 0.203 e. The number of Topliss-reactive ketones (excluding diaryl/α,β-unsaturated/α-hetero) is 1. The topological polar surface area (TPSA) is 34.1 Å². The summed E-state index contributed by atoms with van der Waals surface area (Å²) in [5, 5.41) is -0.0938. The summed E-state index contributed by atoms with van der Waals surface area (Å²) < 4.78 is 0. The van der Waals surface area contributed by atoms with E-state index in [1.165, 1.54) is 6.92 Å². The summed E-state index contributed by atoms with van der Waals surface area (Å²) in [7, 11) is 0. The van der Waals surface area contributed by atoms with Gasteiger partial charge in [-0.05, 0) is 26.0 Å². The summed E-state index contributed by atoms with van der Waals surface area (Å²) in [6, 6.07) is 9.34. The van der Waals surface area contributed by atoms with Crippen LogP contribution in [0.4, 0.5) is 0 Å². The van der Waals surface area contributed by atoms with E-state index >= 15 is 0 Å². The molecule has 14 heavy (non-hydrogen) atoms. The van der Waals surface area contributed by atoms with E-state index in [1.54, 1.807) is 6.92 Å². The van der Waals surface area contributed by atoms with Crippen LogP contribution in [-0.2, 0) is 9.59 Å². The van der Waals surface area contributed by atoms with Crippen molar-refractivity contribution >= 4 is 22.7 Å². The van der Waals surface area contributed by atoms with Gasteiger partial charge in [-0.1, -0.05) is 30.0 Å². The highest BCUT2D eigenvalue weighted by atomic mass is 32.2. The highest BCUT2D eigenvalue weighted by molar-refractivity contribution is 8.13. The molecular weight excluding hydrogens is 196 g/mol. The van der Waals surface area contributed by atoms with Gasteiger partial charge in [0.1, 0.15) is 5.78 Å². The molecule has 1 rings (SSSR count). The molecule has 0 aromatic heterocycles. The van der Waals surface area contributed by atoms with Gasteiger partial charge in [0.25, 0.3) is 0 Å². The van der Waals surface area contributed by atoms with Gasteiger partial charge < -0.3 is 0 Å². The number of hydrogen-bond donors (Lipinski definition) is 0. The molecule has 0 N–H and O–H groups in total. The van der Waals surface area contributed by atoms with Crippen molar-refractivity contribution in [3.8, 4) is 0 Å². The van der Waals surface area contributed by atoms with E-state index in [4.69, 9.17) is 0 Å². The smallest absolute Gasteiger partial charge is 0.203 e. The minimum absolute atomic E-state index is 0.0848. The highest BCUT2D eigenvalue weighted by Crippen LogP contribution is 2.21. The van der Waals surface area contributed by atoms with Gasteiger partial charge in [-0.15, -0.1) is 0 Å². The Bertz CT molecular complexity index is 332. The molecule has 1 atom stereocenters. The van der Waals surface area contributed by atoms with Gasteiger partial charge in [-0.3, -0.25) is 9.59 Å². The molecule has 0 saturated carbocycles. The molecule has 1 aromatic rings. The lowest BCUT2D eigenvalue weighted by Gasteiger charge is -2.04. The molecule has 0 heterocycles. The van der Waals surface area contributed by atoms with Crippen LogP contribution in [0.3, 0.4) is 0 Å². The molecule has 1 aromatic carbocycles. The minimum atomic E-state index is -0.514. The van der Waals surface area contributed by atoms with E-state index in [-0.39, 0.29) is 10.9 Å². The monoisotopic (exact) mass is 208 g/mol. The van der Waals surface area contributed by atoms with Crippen molar-refractivity contribution in [2.45, 2.75) is 18.7 Å². The van der Waals surface area contributed by atoms with Crippen LogP contribution < -0.4 is 0 Å². The molecular formula is C11H12O2S. The first-order chi connectivity index (χ1) is 6.61. The van der Waals surface area contributed by atoms with Gasteiger partial charge >= 0.3 is 0 Å². The maximum atomic E-state index is 11.5. The van der Waals surface area contributed by atoms with Crippen molar-refractivity contribution in [3.63, 3.8) is 0 Å². The van der Waals surface area contributed by atoms with E-state index in [9.17, 15) is 9.59 Å². The second-order valence-electron chi connectivity index (χ2n) is 3.07. The number of rotatable bonds is 3. The van der Waals surface area contributed by atoms with Crippen molar-refractivity contribution < 1.29 is 9.59 Å². The standard InChI is InChI=1S/C11H12O2S/c1-8(9(2)12)11(13)14-10-6-4-3-5-7-10/h3-8H,1-2H3. The van der Waals surface area contributed by atoms with Gasteiger partial charge in [0.05, 0.1) is 5.92 Å². The third-order valence-corrected chi connectivity index (χ3v) is 2.99. The van der Waals surface area contributed by atoms with Crippen molar-refractivity contribution in [2.24, 2.45) is 5.92 Å². The molecule has 0 bridgehead atoms. The van der Waals surface area contributed by atoms with Crippen LogP contribution in [0.15, 0.2) is 35.2 Å². The average Bonchev–Trinajstić information content (AvgIpc) is 2.18. The summed E-state index contributed by atoms with van der Waals surface area (Å²) in [5.74, 6) is -0.598. The first-order valence-electron chi connectivity index (χ1n) is 4.38. The summed E-state index contributed by atoms with van der Waals surface area (Å²) in [6.07, 6.45) is 0. The summed E-state index contributed by atoms with van der Waals surface area (Å²) in [5.41, 5.74) is 0. The average molecular weight is 208 g/mol. The van der Waals surface area contributed by atoms with Crippen LogP contribution in [0.1, 0.15) is 13.8 Å². The third kappa shape index (κ3) is 3.00. The zero-order chi connectivity index (χ0) is 10.6. The van der Waals surface area contributed by atoms with Gasteiger partial charge in [0, 0.05) is 4.90 Å². The first-order valence-corrected chi connectivity index (χ1v) is 5.20. The Kier molecular flexibility index (Phi) is 3.89. The molecule has 0 radical (unpaired) electrons. The normalized spacial score (nSPS) is 12.1. The van der Waals surface area contributed by atoms with Gasteiger partial charge in [-0.2, -0.15) is 0 Å². The molecule has 2 nitrogen and oxygen atoms in total. The minimum Gasteiger partial charge on any atom is -0.299 e. The Morgan fingerprint density at radius 3 is 2.29 bits per heavy atom. The largest absolute Gasteiger partial charge is 0.299 e. The number of carbonyl (C=O) groups is 2. The van der Waals surface area contributed by atoms with E-state index in [1.807, 2.05) is 30.3 Å². The van der Waals surface area contributed by atoms with Gasteiger partial charge in [-0.25, -0.2) is 0 Å². The molecule has 0 amide bonds. The predicted molar refractivity (Wildman–Crippen MR) is 57.2 cm³/mol. The van der Waals surface area contributed by atoms with E-state index in [2.05, 4.69) is 0 Å². The van der Waals surface area contributed by atoms with Gasteiger partial charge in [0.2, 0.25) is 5.12 Å². The number of hydrogen-bond acceptors (Lipinski definition) is 3. The van der Waals surface area contributed by atoms with E-state index < -0.39 is 5.92 Å². The first kappa shape index (κ1) is 11.0. The molecule has 74 valence electrons. The Morgan fingerprint density at radius 1 is 1.21 bits per heavy atom. The van der Waals surface area contributed by atoms with Crippen LogP contribution in [0.5, 0.6) is 0 Å². The van der Waals surface area contributed by atoms with Crippen LogP contribution >= 0.6 is 11.8 Å². The van der Waals surface area contributed by atoms with Crippen LogP contribution in [0.2, 0.25) is 0 Å². The fraction of sp³-hybridized carbons (Fsp3) is 0.273. The molecule has 0 fully saturated rings. The van der Waals surface area contributed by atoms with Crippen LogP contribution in [-0.4, -0.2) is 10.9 Å². The lowest BCUT2D eigenvalue weighted by Crippen LogP contribution is -2.15. The SMILES string of the molecule is CC(=O)C(C)C(=O)Sc1ccccc1. The summed E-state index contributed by atoms with van der Waals surface area (Å²) in [4.78, 5) is 23.3. The summed E-state index contributed by atoms with van der Waals surface area (Å²) in [6.45, 7) is 3.08. The molecule has 0 aliphatic heterocycles. The molecule has 0 spiro atoms. The van der Waals surface area contributed by atoms with Gasteiger partial charge in [0.15, 0.2) is 0 Å². The second-order valence-corrected chi connectivity index (χ2v) is 4.14. The number of thioether (sulfide) groups is 1. The van der Waals surface area contributed by atoms with Crippen molar-refractivity contribution in [3.05, 3.63) is 30.3 Å². The van der Waals surface area contributed by atoms with E-state index in [0.29, 0.717) is 0 Å². The van der Waals surface area contributed by atoms with Crippen molar-refractivity contribution in [1.29, 1.82) is 0 Å². The molecule has 0 saturated heterocycles. The second kappa shape index (κ2) is 4.96. The Hall–Kier alpha value is -1.09. The third-order valence-electron chi connectivity index (χ3n) is 1.92. The lowest BCUT2D eigenvalue weighted by molar-refractivity contribution is -0.126. The lowest BCUT2D eigenvalue weighted by atomic mass is 10.1. The number of ketones is 1. The Balaban J connectivity index is 2.62. The van der Waals surface area contributed by atoms with E-state index in [0.717, 1.165) is 16.7 Å². The molecule has 3 heteroatoms. The van der Waals surface area contributed by atoms with Crippen LogP contribution in [0, 0.1) is 5.92 Å². The zero-order valence-corrected chi connectivity index (χ0v) is 9.01. The summed E-state index contributed by atoms with van der Waals surface area (Å²) >= 11 is 1.12.